The van der Waals surface area contributed by atoms with Crippen LogP contribution in [0.1, 0.15) is 71.2 Å². The summed E-state index contributed by atoms with van der Waals surface area (Å²) < 4.78 is 9.61. The van der Waals surface area contributed by atoms with Crippen molar-refractivity contribution in [3.8, 4) is 0 Å². The molecule has 0 atom stereocenters. The summed E-state index contributed by atoms with van der Waals surface area (Å²) in [5, 5.41) is 18.8. The van der Waals surface area contributed by atoms with E-state index in [2.05, 4.69) is 0 Å². The molecular formula is C21H18O9. The average Bonchev–Trinajstić information content (AvgIpc) is 2.72. The number of carboxylic acids is 2. The molecule has 0 aliphatic rings. The van der Waals surface area contributed by atoms with Crippen LogP contribution < -0.4 is 0 Å². The summed E-state index contributed by atoms with van der Waals surface area (Å²) in [6.07, 6.45) is 0. The summed E-state index contributed by atoms with van der Waals surface area (Å²) in [5.41, 5.74) is -1.46. The number of benzene rings is 2. The SMILES string of the molecule is CCOC(=O)c1ccc(C(=O)c2ccc(C(=O)OCC)c(C(=O)O)c2)cc1C(=O)O. The Balaban J connectivity index is 2.50. The monoisotopic (exact) mass is 414 g/mol. The van der Waals surface area contributed by atoms with Gasteiger partial charge in [0.25, 0.3) is 0 Å². The average molecular weight is 414 g/mol. The standard InChI is InChI=1S/C21H18O9/c1-3-29-20(27)13-7-5-11(9-15(13)18(23)24)17(22)12-6-8-14(21(28)30-4-2)16(10-12)19(25)26/h5-10H,3-4H2,1-2H3,(H,23,24)(H,25,26). The molecular weight excluding hydrogens is 396 g/mol. The Morgan fingerprint density at radius 2 is 1.03 bits per heavy atom. The van der Waals surface area contributed by atoms with E-state index in [1.165, 1.54) is 12.1 Å². The Morgan fingerprint density at radius 3 is 1.33 bits per heavy atom. The van der Waals surface area contributed by atoms with E-state index in [1.54, 1.807) is 13.8 Å². The second kappa shape index (κ2) is 9.46. The topological polar surface area (TPSA) is 144 Å². The van der Waals surface area contributed by atoms with Crippen LogP contribution in [0.15, 0.2) is 36.4 Å². The summed E-state index contributed by atoms with van der Waals surface area (Å²) in [6, 6.07) is 6.80. The maximum atomic E-state index is 12.8. The lowest BCUT2D eigenvalue weighted by Crippen LogP contribution is -2.15. The first-order valence-electron chi connectivity index (χ1n) is 8.84. The number of hydrogen-bond donors (Lipinski definition) is 2. The Morgan fingerprint density at radius 1 is 0.667 bits per heavy atom. The van der Waals surface area contributed by atoms with Gasteiger partial charge in [-0.2, -0.15) is 0 Å². The highest BCUT2D eigenvalue weighted by molar-refractivity contribution is 6.13. The fraction of sp³-hybridized carbons (Fsp3) is 0.190. The van der Waals surface area contributed by atoms with Crippen LogP contribution in [0.25, 0.3) is 0 Å². The van der Waals surface area contributed by atoms with Gasteiger partial charge in [-0.15, -0.1) is 0 Å². The molecule has 2 aromatic carbocycles. The zero-order valence-corrected chi connectivity index (χ0v) is 16.1. The van der Waals surface area contributed by atoms with Gasteiger partial charge in [0, 0.05) is 11.1 Å². The van der Waals surface area contributed by atoms with Crippen LogP contribution in [0, 0.1) is 0 Å². The first kappa shape index (κ1) is 22.3. The third-order valence-electron chi connectivity index (χ3n) is 4.02. The van der Waals surface area contributed by atoms with Crippen LogP contribution in [-0.2, 0) is 9.47 Å². The molecule has 0 aliphatic heterocycles. The molecule has 0 aliphatic carbocycles. The van der Waals surface area contributed by atoms with Gasteiger partial charge in [-0.3, -0.25) is 4.79 Å². The maximum Gasteiger partial charge on any atom is 0.338 e. The minimum Gasteiger partial charge on any atom is -0.478 e. The number of aromatic carboxylic acids is 2. The van der Waals surface area contributed by atoms with Crippen molar-refractivity contribution in [1.82, 2.24) is 0 Å². The third kappa shape index (κ3) is 4.69. The summed E-state index contributed by atoms with van der Waals surface area (Å²) in [4.78, 5) is 59.7. The van der Waals surface area contributed by atoms with Gasteiger partial charge in [-0.1, -0.05) is 12.1 Å². The van der Waals surface area contributed by atoms with Crippen molar-refractivity contribution in [3.05, 3.63) is 69.8 Å². The number of carbonyl (C=O) groups excluding carboxylic acids is 3. The van der Waals surface area contributed by atoms with Crippen molar-refractivity contribution in [2.45, 2.75) is 13.8 Å². The summed E-state index contributed by atoms with van der Waals surface area (Å²) in [5.74, 6) is -5.25. The number of carbonyl (C=O) groups is 5. The molecule has 2 rings (SSSR count). The van der Waals surface area contributed by atoms with Gasteiger partial charge in [0.2, 0.25) is 0 Å². The molecule has 0 aromatic heterocycles. The van der Waals surface area contributed by atoms with E-state index in [0.29, 0.717) is 0 Å². The van der Waals surface area contributed by atoms with Crippen LogP contribution in [0.2, 0.25) is 0 Å². The fourth-order valence-electron chi connectivity index (χ4n) is 2.67. The molecule has 0 radical (unpaired) electrons. The largest absolute Gasteiger partial charge is 0.478 e. The van der Waals surface area contributed by atoms with Crippen LogP contribution >= 0.6 is 0 Å². The quantitative estimate of drug-likeness (QED) is 0.492. The molecule has 0 spiro atoms. The van der Waals surface area contributed by atoms with Gasteiger partial charge >= 0.3 is 23.9 Å². The van der Waals surface area contributed by atoms with Crippen molar-refractivity contribution in [3.63, 3.8) is 0 Å². The van der Waals surface area contributed by atoms with Gasteiger partial charge in [-0.05, 0) is 38.1 Å². The Hall–Kier alpha value is -4.01. The number of ether oxygens (including phenoxy) is 2. The van der Waals surface area contributed by atoms with Crippen LogP contribution in [0.4, 0.5) is 0 Å². The van der Waals surface area contributed by atoms with E-state index >= 15 is 0 Å². The van der Waals surface area contributed by atoms with Gasteiger partial charge in [0.05, 0.1) is 35.5 Å². The lowest BCUT2D eigenvalue weighted by molar-refractivity contribution is 0.0509. The first-order valence-corrected chi connectivity index (χ1v) is 8.84. The van der Waals surface area contributed by atoms with Crippen molar-refractivity contribution >= 4 is 29.7 Å². The van der Waals surface area contributed by atoms with Crippen LogP contribution in [-0.4, -0.2) is 53.1 Å². The maximum absolute atomic E-state index is 12.8. The Labute approximate surface area is 170 Å². The van der Waals surface area contributed by atoms with Crippen LogP contribution in [0.3, 0.4) is 0 Å². The lowest BCUT2D eigenvalue weighted by atomic mass is 9.95. The van der Waals surface area contributed by atoms with Crippen molar-refractivity contribution in [2.75, 3.05) is 13.2 Å². The van der Waals surface area contributed by atoms with E-state index in [-0.39, 0.29) is 35.5 Å². The molecule has 2 aromatic rings. The second-order valence-electron chi connectivity index (χ2n) is 5.90. The lowest BCUT2D eigenvalue weighted by Gasteiger charge is -2.10. The molecule has 0 heterocycles. The second-order valence-corrected chi connectivity index (χ2v) is 5.90. The highest BCUT2D eigenvalue weighted by Crippen LogP contribution is 2.20. The molecule has 9 heteroatoms. The molecule has 0 fully saturated rings. The first-order chi connectivity index (χ1) is 14.2. The molecule has 156 valence electrons. The predicted octanol–water partition coefficient (Wildman–Crippen LogP) is 2.67. The van der Waals surface area contributed by atoms with Gasteiger partial charge < -0.3 is 19.7 Å². The van der Waals surface area contributed by atoms with Gasteiger partial charge in [0.15, 0.2) is 5.78 Å². The molecule has 30 heavy (non-hydrogen) atoms. The molecule has 2 N–H and O–H groups in total. The van der Waals surface area contributed by atoms with Crippen molar-refractivity contribution < 1.29 is 43.7 Å². The summed E-state index contributed by atoms with van der Waals surface area (Å²) in [7, 11) is 0. The summed E-state index contributed by atoms with van der Waals surface area (Å²) in [6.45, 7) is 3.22. The Bertz CT molecular complexity index is 955. The molecule has 0 saturated heterocycles. The number of carboxylic acid groups (broad SMARTS) is 2. The van der Waals surface area contributed by atoms with E-state index in [9.17, 15) is 34.2 Å². The van der Waals surface area contributed by atoms with Gasteiger partial charge in [-0.25, -0.2) is 19.2 Å². The number of ketones is 1. The highest BCUT2D eigenvalue weighted by Gasteiger charge is 2.23. The smallest absolute Gasteiger partial charge is 0.338 e. The number of rotatable bonds is 8. The van der Waals surface area contributed by atoms with Crippen LogP contribution in [0.5, 0.6) is 0 Å². The summed E-state index contributed by atoms with van der Waals surface area (Å²) >= 11 is 0. The molecule has 0 unspecified atom stereocenters. The van der Waals surface area contributed by atoms with Gasteiger partial charge in [0.1, 0.15) is 0 Å². The molecule has 0 bridgehead atoms. The van der Waals surface area contributed by atoms with Crippen molar-refractivity contribution in [1.29, 1.82) is 0 Å². The van der Waals surface area contributed by atoms with E-state index < -0.39 is 40.8 Å². The number of esters is 2. The fourth-order valence-corrected chi connectivity index (χ4v) is 2.67. The highest BCUT2D eigenvalue weighted by atomic mass is 16.5. The van der Waals surface area contributed by atoms with E-state index in [0.717, 1.165) is 24.3 Å². The van der Waals surface area contributed by atoms with E-state index in [1.807, 2.05) is 0 Å². The zero-order chi connectivity index (χ0) is 22.4. The minimum absolute atomic E-state index is 0.0450. The zero-order valence-electron chi connectivity index (χ0n) is 16.1. The Kier molecular flexibility index (Phi) is 7.03. The normalized spacial score (nSPS) is 10.2. The molecule has 0 amide bonds. The number of hydrogen-bond acceptors (Lipinski definition) is 7. The van der Waals surface area contributed by atoms with E-state index in [4.69, 9.17) is 9.47 Å². The molecule has 9 nitrogen and oxygen atoms in total. The predicted molar refractivity (Wildman–Crippen MR) is 102 cm³/mol. The minimum atomic E-state index is -1.43. The van der Waals surface area contributed by atoms with Crippen molar-refractivity contribution in [2.24, 2.45) is 0 Å². The molecule has 0 saturated carbocycles. The third-order valence-corrected chi connectivity index (χ3v) is 4.02.